The summed E-state index contributed by atoms with van der Waals surface area (Å²) in [6.07, 6.45) is 3.71. The minimum Gasteiger partial charge on any atom is -0.274 e. The molecule has 2 aromatic rings. The Morgan fingerprint density at radius 3 is 2.45 bits per heavy atom. The van der Waals surface area contributed by atoms with Gasteiger partial charge >= 0.3 is 0 Å². The van der Waals surface area contributed by atoms with E-state index in [-0.39, 0.29) is 0 Å². The van der Waals surface area contributed by atoms with Crippen molar-refractivity contribution in [3.8, 4) is 11.3 Å². The molecule has 1 saturated carbocycles. The molecule has 0 saturated heterocycles. The fourth-order valence-corrected chi connectivity index (χ4v) is 3.48. The number of hydrogen-bond acceptors (Lipinski definition) is 4. The molecule has 0 radical (unpaired) electrons. The molecule has 0 atom stereocenters. The number of thiazole rings is 1. The molecule has 0 amide bonds. The van der Waals surface area contributed by atoms with Crippen molar-refractivity contribution >= 4 is 27.0 Å². The maximum atomic E-state index is 11.5. The Hall–Kier alpha value is -1.40. The molecular weight excluding hydrogens is 292 g/mol. The zero-order valence-electron chi connectivity index (χ0n) is 11.4. The first kappa shape index (κ1) is 13.6. The quantitative estimate of drug-likeness (QED) is 0.872. The largest absolute Gasteiger partial charge is 0.274 e. The number of sulfonamides is 1. The lowest BCUT2D eigenvalue weighted by Gasteiger charge is -2.16. The summed E-state index contributed by atoms with van der Waals surface area (Å²) < 4.78 is 24.2. The van der Waals surface area contributed by atoms with E-state index in [1.807, 2.05) is 24.3 Å². The lowest BCUT2D eigenvalue weighted by Crippen LogP contribution is -2.24. The second-order valence-corrected chi connectivity index (χ2v) is 8.03. The summed E-state index contributed by atoms with van der Waals surface area (Å²) in [5.74, 6) is 0.671. The van der Waals surface area contributed by atoms with E-state index in [2.05, 4.69) is 10.4 Å². The molecule has 1 aliphatic carbocycles. The van der Waals surface area contributed by atoms with E-state index in [1.165, 1.54) is 28.4 Å². The summed E-state index contributed by atoms with van der Waals surface area (Å²) in [5, 5.41) is 3.29. The van der Waals surface area contributed by atoms with Crippen LogP contribution in [0.2, 0.25) is 0 Å². The smallest absolute Gasteiger partial charge is 0.231 e. The van der Waals surface area contributed by atoms with Gasteiger partial charge in [0.25, 0.3) is 0 Å². The number of benzene rings is 1. The first-order valence-electron chi connectivity index (χ1n) is 6.45. The van der Waals surface area contributed by atoms with E-state index in [0.717, 1.165) is 11.3 Å². The average molecular weight is 308 g/mol. The van der Waals surface area contributed by atoms with Gasteiger partial charge in [-0.05, 0) is 25.0 Å². The Labute approximate surface area is 123 Å². The molecule has 0 N–H and O–H groups in total. The van der Waals surface area contributed by atoms with Gasteiger partial charge in [-0.1, -0.05) is 12.1 Å². The van der Waals surface area contributed by atoms with Crippen LogP contribution in [0.15, 0.2) is 29.6 Å². The van der Waals surface area contributed by atoms with Crippen LogP contribution in [0.25, 0.3) is 11.3 Å². The summed E-state index contributed by atoms with van der Waals surface area (Å²) in [6.45, 7) is 0. The van der Waals surface area contributed by atoms with Crippen LogP contribution in [-0.2, 0) is 10.0 Å². The second kappa shape index (κ2) is 4.86. The summed E-state index contributed by atoms with van der Waals surface area (Å²) in [4.78, 5) is 4.65. The van der Waals surface area contributed by atoms with E-state index in [9.17, 15) is 8.42 Å². The molecule has 106 valence electrons. The normalized spacial score (nSPS) is 15.3. The molecular formula is C14H16N2O2S2. The first-order valence-corrected chi connectivity index (χ1v) is 9.18. The number of rotatable bonds is 4. The van der Waals surface area contributed by atoms with Crippen LogP contribution in [0.4, 0.5) is 5.69 Å². The van der Waals surface area contributed by atoms with Crippen LogP contribution in [-0.4, -0.2) is 26.7 Å². The van der Waals surface area contributed by atoms with E-state index in [4.69, 9.17) is 0 Å². The molecule has 3 rings (SSSR count). The van der Waals surface area contributed by atoms with Gasteiger partial charge in [0.05, 0.1) is 22.6 Å². The predicted molar refractivity (Wildman–Crippen MR) is 82.8 cm³/mol. The minimum atomic E-state index is -3.21. The maximum Gasteiger partial charge on any atom is 0.231 e. The van der Waals surface area contributed by atoms with Crippen LogP contribution < -0.4 is 4.31 Å². The summed E-state index contributed by atoms with van der Waals surface area (Å²) in [7, 11) is -1.66. The summed E-state index contributed by atoms with van der Waals surface area (Å²) in [5.41, 5.74) is 2.66. The lowest BCUT2D eigenvalue weighted by atomic mass is 10.1. The number of hydrogen-bond donors (Lipinski definition) is 0. The van der Waals surface area contributed by atoms with Crippen molar-refractivity contribution in [1.29, 1.82) is 0 Å². The third-order valence-corrected chi connectivity index (χ3v) is 5.69. The molecule has 1 aliphatic rings. The van der Waals surface area contributed by atoms with Gasteiger partial charge in [-0.15, -0.1) is 11.3 Å². The standard InChI is InChI=1S/C14H16N2O2S2/c1-16(20(2,17)18)12-7-5-10(6-8-12)13-9-19-14(15-13)11-3-4-11/h5-9,11H,3-4H2,1-2H3. The van der Waals surface area contributed by atoms with Crippen molar-refractivity contribution in [2.45, 2.75) is 18.8 Å². The van der Waals surface area contributed by atoms with Crippen LogP contribution in [0, 0.1) is 0 Å². The van der Waals surface area contributed by atoms with Gasteiger partial charge in [-0.25, -0.2) is 13.4 Å². The first-order chi connectivity index (χ1) is 9.45. The molecule has 0 spiro atoms. The minimum absolute atomic E-state index is 0.661. The van der Waals surface area contributed by atoms with E-state index >= 15 is 0 Å². The zero-order valence-corrected chi connectivity index (χ0v) is 13.0. The van der Waals surface area contributed by atoms with Gasteiger partial charge in [0.1, 0.15) is 0 Å². The van der Waals surface area contributed by atoms with Crippen molar-refractivity contribution < 1.29 is 8.42 Å². The molecule has 4 nitrogen and oxygen atoms in total. The van der Waals surface area contributed by atoms with Crippen LogP contribution in [0.1, 0.15) is 23.8 Å². The molecule has 0 unspecified atom stereocenters. The molecule has 1 aromatic heterocycles. The van der Waals surface area contributed by atoms with Gasteiger partial charge in [0.2, 0.25) is 10.0 Å². The van der Waals surface area contributed by atoms with Crippen LogP contribution in [0.5, 0.6) is 0 Å². The summed E-state index contributed by atoms with van der Waals surface area (Å²) >= 11 is 1.71. The fraction of sp³-hybridized carbons (Fsp3) is 0.357. The topological polar surface area (TPSA) is 50.3 Å². The lowest BCUT2D eigenvalue weighted by molar-refractivity contribution is 0.600. The molecule has 0 bridgehead atoms. The van der Waals surface area contributed by atoms with Crippen molar-refractivity contribution in [2.75, 3.05) is 17.6 Å². The van der Waals surface area contributed by atoms with Gasteiger partial charge in [-0.3, -0.25) is 4.31 Å². The third kappa shape index (κ3) is 2.71. The highest BCUT2D eigenvalue weighted by molar-refractivity contribution is 7.92. The highest BCUT2D eigenvalue weighted by Crippen LogP contribution is 2.42. The Morgan fingerprint density at radius 1 is 1.25 bits per heavy atom. The second-order valence-electron chi connectivity index (χ2n) is 5.12. The molecule has 1 aromatic carbocycles. The molecule has 20 heavy (non-hydrogen) atoms. The van der Waals surface area contributed by atoms with E-state index < -0.39 is 10.0 Å². The average Bonchev–Trinajstić information content (AvgIpc) is 3.15. The molecule has 1 heterocycles. The molecule has 1 fully saturated rings. The SMILES string of the molecule is CN(c1ccc(-c2csc(C3CC3)n2)cc1)S(C)(=O)=O. The highest BCUT2D eigenvalue weighted by Gasteiger charge is 2.26. The van der Waals surface area contributed by atoms with Gasteiger partial charge in [0.15, 0.2) is 0 Å². The molecule has 6 heteroatoms. The molecule has 0 aliphatic heterocycles. The Kier molecular flexibility index (Phi) is 3.30. The predicted octanol–water partition coefficient (Wildman–Crippen LogP) is 3.08. The maximum absolute atomic E-state index is 11.5. The summed E-state index contributed by atoms with van der Waals surface area (Å²) in [6, 6.07) is 7.46. The Bertz CT molecular complexity index is 716. The number of aromatic nitrogens is 1. The van der Waals surface area contributed by atoms with Gasteiger partial charge < -0.3 is 0 Å². The zero-order chi connectivity index (χ0) is 14.3. The highest BCUT2D eigenvalue weighted by atomic mass is 32.2. The van der Waals surface area contributed by atoms with E-state index in [0.29, 0.717) is 11.6 Å². The van der Waals surface area contributed by atoms with Crippen LogP contribution >= 0.6 is 11.3 Å². The number of anilines is 1. The van der Waals surface area contributed by atoms with Crippen molar-refractivity contribution in [3.05, 3.63) is 34.7 Å². The Balaban J connectivity index is 1.85. The Morgan fingerprint density at radius 2 is 1.90 bits per heavy atom. The fourth-order valence-electron chi connectivity index (χ4n) is 1.97. The van der Waals surface area contributed by atoms with Crippen molar-refractivity contribution in [3.63, 3.8) is 0 Å². The van der Waals surface area contributed by atoms with Crippen molar-refractivity contribution in [1.82, 2.24) is 4.98 Å². The van der Waals surface area contributed by atoms with Gasteiger partial charge in [0, 0.05) is 23.9 Å². The van der Waals surface area contributed by atoms with Gasteiger partial charge in [-0.2, -0.15) is 0 Å². The monoisotopic (exact) mass is 308 g/mol. The van der Waals surface area contributed by atoms with Crippen molar-refractivity contribution in [2.24, 2.45) is 0 Å². The third-order valence-electron chi connectivity index (χ3n) is 3.47. The van der Waals surface area contributed by atoms with E-state index in [1.54, 1.807) is 18.4 Å². The van der Waals surface area contributed by atoms with Crippen LogP contribution in [0.3, 0.4) is 0 Å². The number of nitrogens with zero attached hydrogens (tertiary/aromatic N) is 2.